The summed E-state index contributed by atoms with van der Waals surface area (Å²) in [4.78, 5) is 26.8. The molecule has 1 aliphatic heterocycles. The van der Waals surface area contributed by atoms with Gasteiger partial charge >= 0.3 is 0 Å². The lowest BCUT2D eigenvalue weighted by molar-refractivity contribution is -0.122. The standard InChI is InChI=1S/C18H18N4O2S4/c1-3-26-17-21-20-16(28-17)19-14(23)8-9-22-15(24)13(27-18(22)25)10-12-6-4-11(2)5-7-12/h4-7,10H,3,8-9H2,1-2H3,(H,19,20,23)/b13-10-. The molecule has 2 amide bonds. The van der Waals surface area contributed by atoms with Crippen molar-refractivity contribution in [2.45, 2.75) is 24.6 Å². The molecule has 1 aromatic carbocycles. The van der Waals surface area contributed by atoms with Crippen LogP contribution in [0.4, 0.5) is 5.13 Å². The number of aromatic nitrogens is 2. The van der Waals surface area contributed by atoms with E-state index in [2.05, 4.69) is 15.5 Å². The van der Waals surface area contributed by atoms with Crippen LogP contribution in [0.5, 0.6) is 0 Å². The number of hydrogen-bond donors (Lipinski definition) is 1. The van der Waals surface area contributed by atoms with Crippen LogP contribution in [0.2, 0.25) is 0 Å². The van der Waals surface area contributed by atoms with E-state index < -0.39 is 0 Å². The first-order valence-electron chi connectivity index (χ1n) is 8.54. The average molecular weight is 451 g/mol. The fourth-order valence-electron chi connectivity index (χ4n) is 2.34. The number of amides is 2. The predicted octanol–water partition coefficient (Wildman–Crippen LogP) is 4.19. The average Bonchev–Trinajstić information content (AvgIpc) is 3.20. The van der Waals surface area contributed by atoms with Crippen molar-refractivity contribution in [1.29, 1.82) is 0 Å². The third-order valence-electron chi connectivity index (χ3n) is 3.73. The van der Waals surface area contributed by atoms with Gasteiger partial charge in [-0.1, -0.05) is 83.8 Å². The number of nitrogens with zero attached hydrogens (tertiary/aromatic N) is 3. The van der Waals surface area contributed by atoms with Crippen molar-refractivity contribution >= 4 is 74.4 Å². The highest BCUT2D eigenvalue weighted by atomic mass is 32.2. The lowest BCUT2D eigenvalue weighted by Crippen LogP contribution is -2.31. The van der Waals surface area contributed by atoms with Crippen molar-refractivity contribution in [3.63, 3.8) is 0 Å². The van der Waals surface area contributed by atoms with E-state index in [1.165, 1.54) is 28.0 Å². The molecule has 0 radical (unpaired) electrons. The molecule has 2 heterocycles. The molecule has 1 aromatic heterocycles. The van der Waals surface area contributed by atoms with Crippen LogP contribution >= 0.6 is 47.1 Å². The summed E-state index contributed by atoms with van der Waals surface area (Å²) in [5.41, 5.74) is 2.10. The van der Waals surface area contributed by atoms with Gasteiger partial charge in [-0.25, -0.2) is 0 Å². The molecule has 1 saturated heterocycles. The molecule has 0 atom stereocenters. The van der Waals surface area contributed by atoms with Crippen LogP contribution < -0.4 is 5.32 Å². The molecule has 2 aromatic rings. The number of thiocarbonyl (C=S) groups is 1. The smallest absolute Gasteiger partial charge is 0.266 e. The molecule has 0 saturated carbocycles. The predicted molar refractivity (Wildman–Crippen MR) is 121 cm³/mol. The van der Waals surface area contributed by atoms with E-state index >= 15 is 0 Å². The second-order valence-electron chi connectivity index (χ2n) is 5.85. The van der Waals surface area contributed by atoms with E-state index in [4.69, 9.17) is 12.2 Å². The van der Waals surface area contributed by atoms with Crippen molar-refractivity contribution in [2.24, 2.45) is 0 Å². The number of thioether (sulfide) groups is 2. The van der Waals surface area contributed by atoms with Crippen LogP contribution in [0.25, 0.3) is 6.08 Å². The molecule has 10 heteroatoms. The molecule has 3 rings (SSSR count). The molecule has 0 unspecified atom stereocenters. The van der Waals surface area contributed by atoms with Crippen LogP contribution in [0.3, 0.4) is 0 Å². The van der Waals surface area contributed by atoms with Gasteiger partial charge in [-0.05, 0) is 24.3 Å². The van der Waals surface area contributed by atoms with Gasteiger partial charge in [0.2, 0.25) is 11.0 Å². The Kier molecular flexibility index (Phi) is 7.22. The largest absolute Gasteiger partial charge is 0.300 e. The maximum atomic E-state index is 12.6. The van der Waals surface area contributed by atoms with Crippen molar-refractivity contribution in [1.82, 2.24) is 15.1 Å². The number of aryl methyl sites for hydroxylation is 1. The summed E-state index contributed by atoms with van der Waals surface area (Å²) in [5, 5.41) is 11.1. The minimum absolute atomic E-state index is 0.139. The van der Waals surface area contributed by atoms with Gasteiger partial charge in [0.15, 0.2) is 4.34 Å². The van der Waals surface area contributed by atoms with Gasteiger partial charge in [-0.3, -0.25) is 14.5 Å². The van der Waals surface area contributed by atoms with Crippen molar-refractivity contribution < 1.29 is 9.59 Å². The highest BCUT2D eigenvalue weighted by Gasteiger charge is 2.32. The van der Waals surface area contributed by atoms with Crippen LogP contribution in [-0.4, -0.2) is 43.5 Å². The lowest BCUT2D eigenvalue weighted by atomic mass is 10.1. The van der Waals surface area contributed by atoms with E-state index in [1.54, 1.807) is 11.8 Å². The molecule has 0 spiro atoms. The Balaban J connectivity index is 1.56. The third-order valence-corrected chi connectivity index (χ3v) is 6.96. The van der Waals surface area contributed by atoms with Crippen molar-refractivity contribution in [3.05, 3.63) is 40.3 Å². The molecular weight excluding hydrogens is 432 g/mol. The number of benzene rings is 1. The van der Waals surface area contributed by atoms with E-state index in [0.29, 0.717) is 14.4 Å². The number of anilines is 1. The maximum Gasteiger partial charge on any atom is 0.266 e. The second kappa shape index (κ2) is 9.64. The van der Waals surface area contributed by atoms with E-state index in [9.17, 15) is 9.59 Å². The van der Waals surface area contributed by atoms with Gasteiger partial charge < -0.3 is 5.32 Å². The van der Waals surface area contributed by atoms with Crippen LogP contribution in [-0.2, 0) is 9.59 Å². The highest BCUT2D eigenvalue weighted by Crippen LogP contribution is 2.32. The minimum atomic E-state index is -0.222. The van der Waals surface area contributed by atoms with Gasteiger partial charge in [0.25, 0.3) is 5.91 Å². The molecule has 28 heavy (non-hydrogen) atoms. The number of carbonyl (C=O) groups excluding carboxylic acids is 2. The number of hydrogen-bond acceptors (Lipinski definition) is 8. The summed E-state index contributed by atoms with van der Waals surface area (Å²) in [6, 6.07) is 7.91. The van der Waals surface area contributed by atoms with Crippen molar-refractivity contribution in [3.8, 4) is 0 Å². The Bertz CT molecular complexity index is 924. The maximum absolute atomic E-state index is 12.6. The molecule has 1 aliphatic rings. The van der Waals surface area contributed by atoms with Gasteiger partial charge in [-0.15, -0.1) is 10.2 Å². The van der Waals surface area contributed by atoms with Gasteiger partial charge in [0.05, 0.1) is 4.91 Å². The van der Waals surface area contributed by atoms with E-state index in [1.807, 2.05) is 44.2 Å². The summed E-state index contributed by atoms with van der Waals surface area (Å²) in [7, 11) is 0. The number of carbonyl (C=O) groups is 2. The Labute approximate surface area is 181 Å². The van der Waals surface area contributed by atoms with E-state index in [-0.39, 0.29) is 24.8 Å². The van der Waals surface area contributed by atoms with Gasteiger partial charge in [-0.2, -0.15) is 0 Å². The normalized spacial score (nSPS) is 15.5. The third kappa shape index (κ3) is 5.40. The molecular formula is C18H18N4O2S4. The summed E-state index contributed by atoms with van der Waals surface area (Å²) in [5.74, 6) is 0.509. The zero-order valence-corrected chi connectivity index (χ0v) is 18.6. The molecule has 0 aliphatic carbocycles. The lowest BCUT2D eigenvalue weighted by Gasteiger charge is -2.13. The Hall–Kier alpha value is -1.75. The minimum Gasteiger partial charge on any atom is -0.300 e. The fourth-order valence-corrected chi connectivity index (χ4v) is 5.32. The number of nitrogens with one attached hydrogen (secondary N) is 1. The molecule has 0 bridgehead atoms. The molecule has 146 valence electrons. The van der Waals surface area contributed by atoms with Gasteiger partial charge in [0, 0.05) is 13.0 Å². The highest BCUT2D eigenvalue weighted by molar-refractivity contribution is 8.26. The molecule has 1 fully saturated rings. The quantitative estimate of drug-likeness (QED) is 0.293. The zero-order chi connectivity index (χ0) is 20.1. The SMILES string of the molecule is CCSc1nnc(NC(=O)CCN2C(=O)/C(=C/c3ccc(C)cc3)SC2=S)s1. The summed E-state index contributed by atoms with van der Waals surface area (Å²) < 4.78 is 1.28. The monoisotopic (exact) mass is 450 g/mol. The summed E-state index contributed by atoms with van der Waals surface area (Å²) >= 11 is 9.49. The molecule has 6 nitrogen and oxygen atoms in total. The van der Waals surface area contributed by atoms with Crippen LogP contribution in [0.15, 0.2) is 33.5 Å². The van der Waals surface area contributed by atoms with Crippen molar-refractivity contribution in [2.75, 3.05) is 17.6 Å². The first-order valence-corrected chi connectivity index (χ1v) is 11.6. The number of rotatable bonds is 7. The summed E-state index contributed by atoms with van der Waals surface area (Å²) in [6.07, 6.45) is 1.97. The van der Waals surface area contributed by atoms with Crippen LogP contribution in [0, 0.1) is 6.92 Å². The Morgan fingerprint density at radius 3 is 2.79 bits per heavy atom. The van der Waals surface area contributed by atoms with E-state index in [0.717, 1.165) is 21.2 Å². The topological polar surface area (TPSA) is 75.2 Å². The van der Waals surface area contributed by atoms with Crippen LogP contribution in [0.1, 0.15) is 24.5 Å². The second-order valence-corrected chi connectivity index (χ2v) is 10.0. The first-order chi connectivity index (χ1) is 13.5. The molecule has 1 N–H and O–H groups in total. The Morgan fingerprint density at radius 1 is 1.32 bits per heavy atom. The first kappa shape index (κ1) is 21.0. The fraction of sp³-hybridized carbons (Fsp3) is 0.278. The summed E-state index contributed by atoms with van der Waals surface area (Å²) in [6.45, 7) is 4.27. The van der Waals surface area contributed by atoms with Gasteiger partial charge in [0.1, 0.15) is 4.32 Å². The Morgan fingerprint density at radius 2 is 2.07 bits per heavy atom. The zero-order valence-electron chi connectivity index (χ0n) is 15.3.